The van der Waals surface area contributed by atoms with Crippen LogP contribution >= 0.6 is 0 Å². The molecule has 1 aliphatic rings. The second kappa shape index (κ2) is 7.95. The third kappa shape index (κ3) is 3.99. The molecule has 1 unspecified atom stereocenters. The van der Waals surface area contributed by atoms with Gasteiger partial charge in [0, 0.05) is 24.3 Å². The number of carbonyl (C=O) groups is 1. The molecule has 0 saturated carbocycles. The average Bonchev–Trinajstić information content (AvgIpc) is 2.68. The van der Waals surface area contributed by atoms with Crippen molar-refractivity contribution in [2.75, 3.05) is 26.6 Å². The predicted octanol–water partition coefficient (Wildman–Crippen LogP) is 4.15. The van der Waals surface area contributed by atoms with Crippen molar-refractivity contribution in [3.8, 4) is 17.2 Å². The molecule has 2 aromatic carbocycles. The van der Waals surface area contributed by atoms with Crippen LogP contribution in [0.5, 0.6) is 17.2 Å². The molecular weight excluding hydrogens is 330 g/mol. The summed E-state index contributed by atoms with van der Waals surface area (Å²) in [5, 5.41) is 3.34. The topological polar surface area (TPSA) is 56.8 Å². The summed E-state index contributed by atoms with van der Waals surface area (Å²) in [7, 11) is 4.87. The number of benzene rings is 2. The molecule has 0 bridgehead atoms. The molecule has 0 radical (unpaired) electrons. The molecule has 136 valence electrons. The Morgan fingerprint density at radius 2 is 1.58 bits per heavy atom. The van der Waals surface area contributed by atoms with Gasteiger partial charge in [0.2, 0.25) is 0 Å². The molecule has 0 aromatic heterocycles. The first-order valence-electron chi connectivity index (χ1n) is 8.49. The van der Waals surface area contributed by atoms with Gasteiger partial charge in [-0.25, -0.2) is 0 Å². The van der Waals surface area contributed by atoms with E-state index >= 15 is 0 Å². The van der Waals surface area contributed by atoms with Gasteiger partial charge in [0.25, 0.3) is 0 Å². The van der Waals surface area contributed by atoms with Crippen molar-refractivity contribution in [2.24, 2.45) is 0 Å². The molecule has 5 nitrogen and oxygen atoms in total. The first-order chi connectivity index (χ1) is 12.6. The first kappa shape index (κ1) is 17.9. The molecule has 0 saturated heterocycles. The fourth-order valence-electron chi connectivity index (χ4n) is 3.17. The van der Waals surface area contributed by atoms with Crippen molar-refractivity contribution in [1.29, 1.82) is 0 Å². The summed E-state index contributed by atoms with van der Waals surface area (Å²) in [6, 6.07) is 13.5. The number of nitrogens with one attached hydrogen (secondary N) is 1. The number of hydrogen-bond donors (Lipinski definition) is 1. The number of anilines is 1. The molecule has 1 aliphatic carbocycles. The molecule has 1 atom stereocenters. The number of ketones is 1. The van der Waals surface area contributed by atoms with Crippen LogP contribution in [0.4, 0.5) is 5.69 Å². The smallest absolute Gasteiger partial charge is 0.158 e. The van der Waals surface area contributed by atoms with E-state index in [1.807, 2.05) is 42.5 Å². The largest absolute Gasteiger partial charge is 0.497 e. The van der Waals surface area contributed by atoms with Crippen molar-refractivity contribution in [1.82, 2.24) is 0 Å². The van der Waals surface area contributed by atoms with Crippen molar-refractivity contribution in [3.05, 3.63) is 59.8 Å². The van der Waals surface area contributed by atoms with E-state index in [9.17, 15) is 4.79 Å². The zero-order valence-electron chi connectivity index (χ0n) is 15.2. The maximum absolute atomic E-state index is 12.2. The highest BCUT2D eigenvalue weighted by Crippen LogP contribution is 2.35. The number of carbonyl (C=O) groups excluding carboxylic acids is 1. The molecule has 3 rings (SSSR count). The molecule has 5 heteroatoms. The summed E-state index contributed by atoms with van der Waals surface area (Å²) in [5.41, 5.74) is 2.82. The van der Waals surface area contributed by atoms with E-state index in [1.54, 1.807) is 27.4 Å². The van der Waals surface area contributed by atoms with Crippen LogP contribution in [0.2, 0.25) is 0 Å². The maximum Gasteiger partial charge on any atom is 0.158 e. The third-order valence-corrected chi connectivity index (χ3v) is 4.54. The van der Waals surface area contributed by atoms with Crippen LogP contribution in [-0.2, 0) is 4.79 Å². The second-order valence-electron chi connectivity index (χ2n) is 6.21. The highest BCUT2D eigenvalue weighted by Gasteiger charge is 2.23. The number of methoxy groups -OCH3 is 3. The van der Waals surface area contributed by atoms with Crippen LogP contribution in [0.25, 0.3) is 0 Å². The van der Waals surface area contributed by atoms with Crippen molar-refractivity contribution in [2.45, 2.75) is 18.8 Å². The Kier molecular flexibility index (Phi) is 5.46. The van der Waals surface area contributed by atoms with Crippen LogP contribution in [0, 0.1) is 0 Å². The highest BCUT2D eigenvalue weighted by molar-refractivity contribution is 5.92. The molecule has 0 fully saturated rings. The summed E-state index contributed by atoms with van der Waals surface area (Å²) < 4.78 is 15.9. The zero-order valence-corrected chi connectivity index (χ0v) is 15.2. The van der Waals surface area contributed by atoms with Gasteiger partial charge in [-0.1, -0.05) is 12.1 Å². The summed E-state index contributed by atoms with van der Waals surface area (Å²) in [6.45, 7) is 0. The number of allylic oxidation sites excluding steroid dienone is 2. The Bertz CT molecular complexity index is 811. The molecule has 0 amide bonds. The van der Waals surface area contributed by atoms with Crippen LogP contribution in [0.15, 0.2) is 54.2 Å². The maximum atomic E-state index is 12.2. The van der Waals surface area contributed by atoms with E-state index < -0.39 is 0 Å². The van der Waals surface area contributed by atoms with Crippen LogP contribution in [-0.4, -0.2) is 27.1 Å². The van der Waals surface area contributed by atoms with Gasteiger partial charge >= 0.3 is 0 Å². The number of hydrogen-bond acceptors (Lipinski definition) is 5. The van der Waals surface area contributed by atoms with E-state index in [4.69, 9.17) is 14.2 Å². The van der Waals surface area contributed by atoms with Gasteiger partial charge in [-0.3, -0.25) is 4.79 Å². The van der Waals surface area contributed by atoms with E-state index in [0.29, 0.717) is 12.2 Å². The first-order valence-corrected chi connectivity index (χ1v) is 8.49. The lowest BCUT2D eigenvalue weighted by Crippen LogP contribution is -2.17. The van der Waals surface area contributed by atoms with Gasteiger partial charge < -0.3 is 19.5 Å². The third-order valence-electron chi connectivity index (χ3n) is 4.54. The molecule has 1 N–H and O–H groups in total. The number of rotatable bonds is 6. The Morgan fingerprint density at radius 1 is 0.885 bits per heavy atom. The molecular formula is C21H23NO4. The summed E-state index contributed by atoms with van der Waals surface area (Å²) in [6.07, 6.45) is 2.95. The van der Waals surface area contributed by atoms with Crippen LogP contribution < -0.4 is 19.5 Å². The minimum atomic E-state index is 0.118. The zero-order chi connectivity index (χ0) is 18.5. The summed E-state index contributed by atoms with van der Waals surface area (Å²) in [4.78, 5) is 12.2. The minimum absolute atomic E-state index is 0.118. The highest BCUT2D eigenvalue weighted by atomic mass is 16.5. The van der Waals surface area contributed by atoms with Crippen LogP contribution in [0.1, 0.15) is 24.3 Å². The Hall–Kier alpha value is -2.95. The Balaban J connectivity index is 1.79. The second-order valence-corrected chi connectivity index (χ2v) is 6.21. The molecule has 0 spiro atoms. The fourth-order valence-corrected chi connectivity index (χ4v) is 3.17. The van der Waals surface area contributed by atoms with E-state index in [-0.39, 0.29) is 11.7 Å². The van der Waals surface area contributed by atoms with Gasteiger partial charge in [-0.2, -0.15) is 0 Å². The van der Waals surface area contributed by atoms with Crippen molar-refractivity contribution >= 4 is 11.5 Å². The lowest BCUT2D eigenvalue weighted by Gasteiger charge is -2.24. The van der Waals surface area contributed by atoms with E-state index in [0.717, 1.165) is 34.9 Å². The van der Waals surface area contributed by atoms with Gasteiger partial charge in [-0.05, 0) is 42.2 Å². The summed E-state index contributed by atoms with van der Waals surface area (Å²) >= 11 is 0. The standard InChI is InChI=1S/C21H23NO4/c1-24-18-6-4-14(5-7-18)15-10-16(12-17(23)11-15)22-20-9-8-19(25-2)13-21(20)26-3/h4-9,12-13,15,22H,10-11H2,1-3H3. The quantitative estimate of drug-likeness (QED) is 0.845. The van der Waals surface area contributed by atoms with E-state index in [1.165, 1.54) is 0 Å². The number of ether oxygens (including phenoxy) is 3. The average molecular weight is 353 g/mol. The minimum Gasteiger partial charge on any atom is -0.497 e. The van der Waals surface area contributed by atoms with Crippen molar-refractivity contribution < 1.29 is 19.0 Å². The van der Waals surface area contributed by atoms with E-state index in [2.05, 4.69) is 5.32 Å². The molecule has 26 heavy (non-hydrogen) atoms. The van der Waals surface area contributed by atoms with Gasteiger partial charge in [0.05, 0.1) is 27.0 Å². The Labute approximate surface area is 153 Å². The van der Waals surface area contributed by atoms with Crippen molar-refractivity contribution in [3.63, 3.8) is 0 Å². The van der Waals surface area contributed by atoms with Gasteiger partial charge in [-0.15, -0.1) is 0 Å². The molecule has 0 aliphatic heterocycles. The van der Waals surface area contributed by atoms with Gasteiger partial charge in [0.1, 0.15) is 17.2 Å². The molecule has 2 aromatic rings. The fraction of sp³-hybridized carbons (Fsp3) is 0.286. The lowest BCUT2D eigenvalue weighted by molar-refractivity contribution is -0.115. The van der Waals surface area contributed by atoms with Gasteiger partial charge in [0.15, 0.2) is 5.78 Å². The molecule has 0 heterocycles. The van der Waals surface area contributed by atoms with Crippen LogP contribution in [0.3, 0.4) is 0 Å². The SMILES string of the molecule is COc1ccc(C2CC(=O)C=C(Nc3ccc(OC)cc3OC)C2)cc1. The predicted molar refractivity (Wildman–Crippen MR) is 101 cm³/mol. The Morgan fingerprint density at radius 3 is 2.23 bits per heavy atom. The monoisotopic (exact) mass is 353 g/mol. The lowest BCUT2D eigenvalue weighted by atomic mass is 9.85. The normalized spacial score (nSPS) is 16.7. The summed E-state index contributed by atoms with van der Waals surface area (Å²) in [5.74, 6) is 2.46.